The van der Waals surface area contributed by atoms with E-state index in [0.717, 1.165) is 0 Å². The van der Waals surface area contributed by atoms with Crippen molar-refractivity contribution in [3.8, 4) is 12.3 Å². The molecule has 0 aromatic carbocycles. The largest absolute Gasteiger partial charge is 0.481 e. The van der Waals surface area contributed by atoms with E-state index in [2.05, 4.69) is 16.6 Å². The summed E-state index contributed by atoms with van der Waals surface area (Å²) in [6.07, 6.45) is 5.14. The maximum Gasteiger partial charge on any atom is 0.321 e. The molecule has 0 aromatic rings. The predicted molar refractivity (Wildman–Crippen MR) is 65.6 cm³/mol. The van der Waals surface area contributed by atoms with Crippen LogP contribution in [0.25, 0.3) is 0 Å². The third-order valence-electron chi connectivity index (χ3n) is 2.24. The highest BCUT2D eigenvalue weighted by molar-refractivity contribution is 5.96. The van der Waals surface area contributed by atoms with Crippen LogP contribution >= 0.6 is 0 Å². The molecule has 100 valence electrons. The molecule has 18 heavy (non-hydrogen) atoms. The lowest BCUT2D eigenvalue weighted by atomic mass is 9.89. The van der Waals surface area contributed by atoms with Crippen molar-refractivity contribution in [1.29, 1.82) is 0 Å². The van der Waals surface area contributed by atoms with Crippen molar-refractivity contribution in [1.82, 2.24) is 10.6 Å². The quantitative estimate of drug-likeness (QED) is 0.630. The Kier molecular flexibility index (Phi) is 5.89. The van der Waals surface area contributed by atoms with Crippen LogP contribution in [0.4, 0.5) is 4.79 Å². The molecule has 0 fully saturated rings. The average molecular weight is 254 g/mol. The number of hydrogen-bond donors (Lipinski definition) is 3. The van der Waals surface area contributed by atoms with Crippen LogP contribution in [-0.2, 0) is 9.59 Å². The molecule has 0 aromatic heterocycles. The van der Waals surface area contributed by atoms with Crippen molar-refractivity contribution in [2.75, 3.05) is 0 Å². The van der Waals surface area contributed by atoms with Crippen molar-refractivity contribution in [2.24, 2.45) is 5.41 Å². The molecular formula is C12H18N2O4. The zero-order valence-electron chi connectivity index (χ0n) is 10.7. The number of hydrogen-bond acceptors (Lipinski definition) is 3. The minimum absolute atomic E-state index is 0.254. The molecule has 6 nitrogen and oxygen atoms in total. The molecule has 0 saturated carbocycles. The van der Waals surface area contributed by atoms with Gasteiger partial charge < -0.3 is 10.4 Å². The number of amides is 3. The second-order valence-electron chi connectivity index (χ2n) is 4.70. The van der Waals surface area contributed by atoms with E-state index in [4.69, 9.17) is 11.5 Å². The predicted octanol–water partition coefficient (Wildman–Crippen LogP) is 0.725. The topological polar surface area (TPSA) is 95.5 Å². The van der Waals surface area contributed by atoms with Gasteiger partial charge in [-0.2, -0.15) is 0 Å². The van der Waals surface area contributed by atoms with E-state index < -0.39 is 23.3 Å². The molecule has 3 N–H and O–H groups in total. The summed E-state index contributed by atoms with van der Waals surface area (Å²) in [6, 6.07) is -0.931. The fourth-order valence-corrected chi connectivity index (χ4v) is 1.14. The third-order valence-corrected chi connectivity index (χ3v) is 2.24. The van der Waals surface area contributed by atoms with Gasteiger partial charge in [0.2, 0.25) is 5.91 Å². The fourth-order valence-electron chi connectivity index (χ4n) is 1.14. The van der Waals surface area contributed by atoms with E-state index >= 15 is 0 Å². The lowest BCUT2D eigenvalue weighted by molar-refractivity contribution is -0.149. The van der Waals surface area contributed by atoms with Gasteiger partial charge in [0.25, 0.3) is 0 Å². The summed E-state index contributed by atoms with van der Waals surface area (Å²) in [5, 5.41) is 13.4. The maximum atomic E-state index is 11.4. The summed E-state index contributed by atoms with van der Waals surface area (Å²) >= 11 is 0. The van der Waals surface area contributed by atoms with E-state index in [1.54, 1.807) is 6.92 Å². The summed E-state index contributed by atoms with van der Waals surface area (Å²) in [5.41, 5.74) is -1.21. The van der Waals surface area contributed by atoms with Gasteiger partial charge in [-0.15, -0.1) is 12.3 Å². The number of carboxylic acids is 1. The number of urea groups is 1. The number of carboxylic acid groups (broad SMARTS) is 1. The van der Waals surface area contributed by atoms with E-state index in [1.165, 1.54) is 13.8 Å². The summed E-state index contributed by atoms with van der Waals surface area (Å²) in [7, 11) is 0. The summed E-state index contributed by atoms with van der Waals surface area (Å²) in [6.45, 7) is 4.52. The molecule has 0 aliphatic rings. The molecule has 0 radical (unpaired) electrons. The Morgan fingerprint density at radius 3 is 2.39 bits per heavy atom. The average Bonchev–Trinajstić information content (AvgIpc) is 2.15. The summed E-state index contributed by atoms with van der Waals surface area (Å²) in [4.78, 5) is 33.6. The molecule has 1 unspecified atom stereocenters. The van der Waals surface area contributed by atoms with Crippen LogP contribution < -0.4 is 10.6 Å². The summed E-state index contributed by atoms with van der Waals surface area (Å²) in [5.74, 6) is 0.630. The molecule has 6 heteroatoms. The number of carbonyl (C=O) groups excluding carboxylic acids is 2. The van der Waals surface area contributed by atoms with Gasteiger partial charge in [0.1, 0.15) is 0 Å². The van der Waals surface area contributed by atoms with Crippen LogP contribution in [0.5, 0.6) is 0 Å². The van der Waals surface area contributed by atoms with Gasteiger partial charge in [0, 0.05) is 18.9 Å². The van der Waals surface area contributed by atoms with Gasteiger partial charge in [0.15, 0.2) is 0 Å². The number of terminal acetylenes is 1. The minimum atomic E-state index is -1.21. The number of rotatable bonds is 5. The van der Waals surface area contributed by atoms with Crippen molar-refractivity contribution in [3.05, 3.63) is 0 Å². The lowest BCUT2D eigenvalue weighted by Gasteiger charge is -2.18. The smallest absolute Gasteiger partial charge is 0.321 e. The Balaban J connectivity index is 4.22. The van der Waals surface area contributed by atoms with Crippen molar-refractivity contribution in [3.63, 3.8) is 0 Å². The molecule has 0 heterocycles. The Hall–Kier alpha value is -2.03. The SMILES string of the molecule is C#CCC(C)NC(=O)NC(=O)CC(C)(C)C(=O)O. The van der Waals surface area contributed by atoms with Gasteiger partial charge >= 0.3 is 12.0 Å². The first kappa shape index (κ1) is 16.0. The second-order valence-corrected chi connectivity index (χ2v) is 4.70. The maximum absolute atomic E-state index is 11.4. The van der Waals surface area contributed by atoms with Crippen LogP contribution in [0.15, 0.2) is 0 Å². The molecule has 0 aliphatic heterocycles. The summed E-state index contributed by atoms with van der Waals surface area (Å²) < 4.78 is 0. The molecule has 3 amide bonds. The van der Waals surface area contributed by atoms with Gasteiger partial charge in [0.05, 0.1) is 5.41 Å². The molecule has 0 rings (SSSR count). The Labute approximate surface area is 106 Å². The van der Waals surface area contributed by atoms with Gasteiger partial charge in [-0.25, -0.2) is 4.79 Å². The molecular weight excluding hydrogens is 236 g/mol. The molecule has 0 aliphatic carbocycles. The lowest BCUT2D eigenvalue weighted by Crippen LogP contribution is -2.45. The number of nitrogens with one attached hydrogen (secondary N) is 2. The van der Waals surface area contributed by atoms with Crippen LogP contribution in [0.2, 0.25) is 0 Å². The fraction of sp³-hybridized carbons (Fsp3) is 0.583. The zero-order chi connectivity index (χ0) is 14.3. The van der Waals surface area contributed by atoms with Crippen LogP contribution in [0.1, 0.15) is 33.6 Å². The molecule has 0 bridgehead atoms. The van der Waals surface area contributed by atoms with Crippen molar-refractivity contribution in [2.45, 2.75) is 39.7 Å². The highest BCUT2D eigenvalue weighted by Gasteiger charge is 2.30. The molecule has 0 saturated heterocycles. The molecule has 1 atom stereocenters. The normalized spacial score (nSPS) is 12.1. The first-order valence-corrected chi connectivity index (χ1v) is 5.46. The Morgan fingerprint density at radius 2 is 1.94 bits per heavy atom. The van der Waals surface area contributed by atoms with Crippen LogP contribution in [0.3, 0.4) is 0 Å². The monoisotopic (exact) mass is 254 g/mol. The second kappa shape index (κ2) is 6.64. The van der Waals surface area contributed by atoms with Gasteiger partial charge in [-0.1, -0.05) is 0 Å². The zero-order valence-corrected chi connectivity index (χ0v) is 10.7. The van der Waals surface area contributed by atoms with Crippen LogP contribution in [0, 0.1) is 17.8 Å². The van der Waals surface area contributed by atoms with Gasteiger partial charge in [-0.3, -0.25) is 14.9 Å². The van der Waals surface area contributed by atoms with E-state index in [1.807, 2.05) is 0 Å². The molecule has 0 spiro atoms. The number of aliphatic carboxylic acids is 1. The van der Waals surface area contributed by atoms with Gasteiger partial charge in [-0.05, 0) is 20.8 Å². The Morgan fingerprint density at radius 1 is 1.39 bits per heavy atom. The first-order chi connectivity index (χ1) is 8.19. The first-order valence-electron chi connectivity index (χ1n) is 5.46. The standard InChI is InChI=1S/C12H18N2O4/c1-5-6-8(2)13-11(18)14-9(15)7-12(3,4)10(16)17/h1,8H,6-7H2,2-4H3,(H,16,17)(H2,13,14,15,18). The number of carbonyl (C=O) groups is 3. The highest BCUT2D eigenvalue weighted by atomic mass is 16.4. The van der Waals surface area contributed by atoms with Crippen molar-refractivity contribution < 1.29 is 19.5 Å². The highest BCUT2D eigenvalue weighted by Crippen LogP contribution is 2.19. The number of imide groups is 1. The van der Waals surface area contributed by atoms with Crippen LogP contribution in [-0.4, -0.2) is 29.1 Å². The van der Waals surface area contributed by atoms with E-state index in [0.29, 0.717) is 6.42 Å². The van der Waals surface area contributed by atoms with E-state index in [-0.39, 0.29) is 12.5 Å². The van der Waals surface area contributed by atoms with Crippen molar-refractivity contribution >= 4 is 17.9 Å². The third kappa shape index (κ3) is 5.89. The minimum Gasteiger partial charge on any atom is -0.481 e. The Bertz CT molecular complexity index is 382. The van der Waals surface area contributed by atoms with E-state index in [9.17, 15) is 14.4 Å².